The van der Waals surface area contributed by atoms with Crippen molar-refractivity contribution in [1.29, 1.82) is 0 Å². The minimum atomic E-state index is 0.287. The zero-order valence-corrected chi connectivity index (χ0v) is 11.4. The van der Waals surface area contributed by atoms with E-state index < -0.39 is 0 Å². The summed E-state index contributed by atoms with van der Waals surface area (Å²) in [6, 6.07) is 0. The second kappa shape index (κ2) is 7.49. The van der Waals surface area contributed by atoms with Crippen molar-refractivity contribution in [2.75, 3.05) is 32.7 Å². The Labute approximate surface area is 105 Å². The lowest BCUT2D eigenvalue weighted by molar-refractivity contribution is -0.132. The Morgan fingerprint density at radius 3 is 2.24 bits per heavy atom. The van der Waals surface area contributed by atoms with Crippen molar-refractivity contribution in [1.82, 2.24) is 9.80 Å². The molecule has 17 heavy (non-hydrogen) atoms. The Morgan fingerprint density at radius 2 is 1.76 bits per heavy atom. The Kier molecular flexibility index (Phi) is 6.27. The number of carbonyl (C=O) groups excluding carboxylic acids is 1. The first-order valence-corrected chi connectivity index (χ1v) is 6.78. The van der Waals surface area contributed by atoms with Crippen LogP contribution in [0.1, 0.15) is 39.5 Å². The van der Waals surface area contributed by atoms with Crippen LogP contribution in [0, 0.1) is 0 Å². The van der Waals surface area contributed by atoms with Crippen LogP contribution in [0.4, 0.5) is 0 Å². The van der Waals surface area contributed by atoms with Gasteiger partial charge in [-0.3, -0.25) is 9.69 Å². The molecule has 0 bridgehead atoms. The quantitative estimate of drug-likeness (QED) is 0.686. The topological polar surface area (TPSA) is 23.6 Å². The number of likely N-dealkylation sites (N-methyl/N-ethyl adjacent to an activating group) is 1. The van der Waals surface area contributed by atoms with Gasteiger partial charge >= 0.3 is 0 Å². The van der Waals surface area contributed by atoms with Gasteiger partial charge in [0.15, 0.2) is 0 Å². The molecule has 0 spiro atoms. The van der Waals surface area contributed by atoms with E-state index in [1.165, 1.54) is 25.7 Å². The molecule has 0 aromatic heterocycles. The third-order valence-corrected chi connectivity index (χ3v) is 3.26. The molecule has 1 aliphatic heterocycles. The van der Waals surface area contributed by atoms with Gasteiger partial charge < -0.3 is 4.90 Å². The van der Waals surface area contributed by atoms with Crippen molar-refractivity contribution >= 4 is 5.91 Å². The van der Waals surface area contributed by atoms with E-state index in [0.717, 1.165) is 31.8 Å². The van der Waals surface area contributed by atoms with E-state index in [4.69, 9.17) is 0 Å². The van der Waals surface area contributed by atoms with E-state index in [2.05, 4.69) is 18.4 Å². The first-order chi connectivity index (χ1) is 8.13. The number of nitrogens with zero attached hydrogens (tertiary/aromatic N) is 2. The van der Waals surface area contributed by atoms with Crippen LogP contribution in [-0.2, 0) is 4.79 Å². The molecule has 1 fully saturated rings. The second-order valence-electron chi connectivity index (χ2n) is 5.06. The zero-order valence-electron chi connectivity index (χ0n) is 11.4. The summed E-state index contributed by atoms with van der Waals surface area (Å²) in [5, 5.41) is 0. The van der Waals surface area contributed by atoms with Crippen LogP contribution in [0.2, 0.25) is 0 Å². The van der Waals surface area contributed by atoms with Crippen LogP contribution in [0.5, 0.6) is 0 Å². The van der Waals surface area contributed by atoms with Crippen LogP contribution >= 0.6 is 0 Å². The van der Waals surface area contributed by atoms with Gasteiger partial charge in [-0.1, -0.05) is 31.9 Å². The van der Waals surface area contributed by atoms with Gasteiger partial charge in [-0.2, -0.15) is 0 Å². The van der Waals surface area contributed by atoms with Crippen molar-refractivity contribution in [2.24, 2.45) is 0 Å². The van der Waals surface area contributed by atoms with Gasteiger partial charge in [0.05, 0.1) is 6.54 Å². The SMILES string of the molecule is C=C(C)CN(CC)CC(=O)N1CCCCCC1. The number of hydrogen-bond donors (Lipinski definition) is 0. The lowest BCUT2D eigenvalue weighted by atomic mass is 10.2. The molecular formula is C14H26N2O. The minimum absolute atomic E-state index is 0.287. The maximum Gasteiger partial charge on any atom is 0.236 e. The lowest BCUT2D eigenvalue weighted by Crippen LogP contribution is -2.41. The molecule has 0 aromatic rings. The van der Waals surface area contributed by atoms with E-state index in [1.807, 2.05) is 11.8 Å². The average molecular weight is 238 g/mol. The van der Waals surface area contributed by atoms with Crippen molar-refractivity contribution in [3.05, 3.63) is 12.2 Å². The van der Waals surface area contributed by atoms with E-state index in [0.29, 0.717) is 6.54 Å². The molecule has 0 atom stereocenters. The summed E-state index contributed by atoms with van der Waals surface area (Å²) in [6.45, 7) is 12.2. The molecule has 0 radical (unpaired) electrons. The molecule has 1 saturated heterocycles. The van der Waals surface area contributed by atoms with Gasteiger partial charge in [0, 0.05) is 19.6 Å². The lowest BCUT2D eigenvalue weighted by Gasteiger charge is -2.25. The second-order valence-corrected chi connectivity index (χ2v) is 5.06. The first kappa shape index (κ1) is 14.2. The average Bonchev–Trinajstić information content (AvgIpc) is 2.55. The third-order valence-electron chi connectivity index (χ3n) is 3.26. The van der Waals surface area contributed by atoms with Crippen molar-refractivity contribution in [3.63, 3.8) is 0 Å². The van der Waals surface area contributed by atoms with Gasteiger partial charge in [0.25, 0.3) is 0 Å². The molecule has 98 valence electrons. The van der Waals surface area contributed by atoms with Gasteiger partial charge in [-0.15, -0.1) is 0 Å². The largest absolute Gasteiger partial charge is 0.342 e. The molecule has 1 rings (SSSR count). The molecule has 0 unspecified atom stereocenters. The number of likely N-dealkylation sites (tertiary alicyclic amines) is 1. The summed E-state index contributed by atoms with van der Waals surface area (Å²) < 4.78 is 0. The fourth-order valence-electron chi connectivity index (χ4n) is 2.27. The molecular weight excluding hydrogens is 212 g/mol. The molecule has 0 aromatic carbocycles. The predicted octanol–water partition coefficient (Wildman–Crippen LogP) is 2.29. The van der Waals surface area contributed by atoms with Crippen LogP contribution in [-0.4, -0.2) is 48.4 Å². The number of amides is 1. The normalized spacial score (nSPS) is 17.0. The standard InChI is InChI=1S/C14H26N2O/c1-4-15(11-13(2)3)12-14(17)16-9-7-5-6-8-10-16/h2,4-12H2,1,3H3. The summed E-state index contributed by atoms with van der Waals surface area (Å²) in [7, 11) is 0. The van der Waals surface area contributed by atoms with Gasteiger partial charge in [0.1, 0.15) is 0 Å². The maximum atomic E-state index is 12.2. The van der Waals surface area contributed by atoms with Gasteiger partial charge in [-0.25, -0.2) is 0 Å². The van der Waals surface area contributed by atoms with Gasteiger partial charge in [-0.05, 0) is 26.3 Å². The van der Waals surface area contributed by atoms with Crippen LogP contribution in [0.25, 0.3) is 0 Å². The molecule has 0 N–H and O–H groups in total. The Morgan fingerprint density at radius 1 is 1.18 bits per heavy atom. The van der Waals surface area contributed by atoms with Crippen LogP contribution in [0.3, 0.4) is 0 Å². The maximum absolute atomic E-state index is 12.2. The monoisotopic (exact) mass is 238 g/mol. The molecule has 1 heterocycles. The fraction of sp³-hybridized carbons (Fsp3) is 0.786. The van der Waals surface area contributed by atoms with E-state index in [-0.39, 0.29) is 5.91 Å². The molecule has 3 heteroatoms. The molecule has 1 amide bonds. The fourth-order valence-corrected chi connectivity index (χ4v) is 2.27. The summed E-state index contributed by atoms with van der Waals surface area (Å²) in [4.78, 5) is 16.4. The zero-order chi connectivity index (χ0) is 12.7. The smallest absolute Gasteiger partial charge is 0.236 e. The minimum Gasteiger partial charge on any atom is -0.342 e. The highest BCUT2D eigenvalue weighted by atomic mass is 16.2. The first-order valence-electron chi connectivity index (χ1n) is 6.78. The molecule has 3 nitrogen and oxygen atoms in total. The third kappa shape index (κ3) is 5.35. The van der Waals surface area contributed by atoms with Crippen LogP contribution in [0.15, 0.2) is 12.2 Å². The van der Waals surface area contributed by atoms with Crippen LogP contribution < -0.4 is 0 Å². The van der Waals surface area contributed by atoms with E-state index in [9.17, 15) is 4.79 Å². The summed E-state index contributed by atoms with van der Waals surface area (Å²) in [6.07, 6.45) is 4.87. The predicted molar refractivity (Wildman–Crippen MR) is 72.0 cm³/mol. The number of rotatable bonds is 5. The number of carbonyl (C=O) groups is 1. The van der Waals surface area contributed by atoms with Crippen molar-refractivity contribution < 1.29 is 4.79 Å². The highest BCUT2D eigenvalue weighted by Gasteiger charge is 2.17. The summed E-state index contributed by atoms with van der Waals surface area (Å²) in [5.74, 6) is 0.287. The molecule has 0 aliphatic carbocycles. The van der Waals surface area contributed by atoms with Gasteiger partial charge in [0.2, 0.25) is 5.91 Å². The summed E-state index contributed by atoms with van der Waals surface area (Å²) >= 11 is 0. The Bertz CT molecular complexity index is 255. The van der Waals surface area contributed by atoms with E-state index >= 15 is 0 Å². The van der Waals surface area contributed by atoms with E-state index in [1.54, 1.807) is 0 Å². The highest BCUT2D eigenvalue weighted by Crippen LogP contribution is 2.10. The highest BCUT2D eigenvalue weighted by molar-refractivity contribution is 5.78. The number of hydrogen-bond acceptors (Lipinski definition) is 2. The van der Waals surface area contributed by atoms with Crippen molar-refractivity contribution in [2.45, 2.75) is 39.5 Å². The Hall–Kier alpha value is -0.830. The Balaban J connectivity index is 2.42. The molecule has 1 aliphatic rings. The molecule has 0 saturated carbocycles. The summed E-state index contributed by atoms with van der Waals surface area (Å²) in [5.41, 5.74) is 1.12. The van der Waals surface area contributed by atoms with Crippen molar-refractivity contribution in [3.8, 4) is 0 Å².